The average molecular weight is 440 g/mol. The topological polar surface area (TPSA) is 55.3 Å². The van der Waals surface area contributed by atoms with Crippen LogP contribution in [0.25, 0.3) is 0 Å². The summed E-state index contributed by atoms with van der Waals surface area (Å²) in [6.45, 7) is 5.16. The third-order valence-electron chi connectivity index (χ3n) is 4.58. The summed E-state index contributed by atoms with van der Waals surface area (Å²) in [5.74, 6) is -0.0301. The van der Waals surface area contributed by atoms with Crippen LogP contribution in [0.5, 0.6) is 6.01 Å². The van der Waals surface area contributed by atoms with Crippen molar-refractivity contribution in [2.45, 2.75) is 55.5 Å². The number of nitrogens with zero attached hydrogens (tertiary/aromatic N) is 3. The van der Waals surface area contributed by atoms with Crippen molar-refractivity contribution in [1.82, 2.24) is 14.9 Å². The summed E-state index contributed by atoms with van der Waals surface area (Å²) in [6, 6.07) is 8.42. The highest BCUT2D eigenvalue weighted by atomic mass is 32.2. The molecule has 1 aromatic carbocycles. The van der Waals surface area contributed by atoms with E-state index in [2.05, 4.69) is 23.8 Å². The van der Waals surface area contributed by atoms with Crippen LogP contribution in [-0.4, -0.2) is 45.2 Å². The Hall–Kier alpha value is -2.29. The van der Waals surface area contributed by atoms with Gasteiger partial charge < -0.3 is 9.64 Å². The SMILES string of the molecule is CC(C)Sc1ccc(CC(=O)N2CCCC(Oc3nccc(C(F)(F)F)n3)C2)cc1. The molecule has 1 aliphatic heterocycles. The standard InChI is InChI=1S/C21H24F3N3O2S/c1-14(2)30-17-7-5-15(6-8-17)12-19(28)27-11-3-4-16(13-27)29-20-25-10-9-18(26-20)21(22,23)24/h5-10,14,16H,3-4,11-13H2,1-2H3. The van der Waals surface area contributed by atoms with Crippen LogP contribution in [0.3, 0.4) is 0 Å². The van der Waals surface area contributed by atoms with Gasteiger partial charge in [0, 0.05) is 22.9 Å². The largest absolute Gasteiger partial charge is 0.458 e. The van der Waals surface area contributed by atoms with Gasteiger partial charge in [-0.05, 0) is 36.6 Å². The lowest BCUT2D eigenvalue weighted by molar-refractivity contribution is -0.141. The number of hydrogen-bond donors (Lipinski definition) is 0. The summed E-state index contributed by atoms with van der Waals surface area (Å²) in [4.78, 5) is 22.8. The van der Waals surface area contributed by atoms with Crippen LogP contribution >= 0.6 is 11.8 Å². The van der Waals surface area contributed by atoms with E-state index in [0.29, 0.717) is 31.2 Å². The number of piperidine rings is 1. The molecule has 1 amide bonds. The number of hydrogen-bond acceptors (Lipinski definition) is 5. The molecule has 9 heteroatoms. The van der Waals surface area contributed by atoms with Crippen LogP contribution in [0.4, 0.5) is 13.2 Å². The Labute approximate surface area is 178 Å². The molecule has 3 rings (SSSR count). The number of rotatable bonds is 6. The van der Waals surface area contributed by atoms with Crippen molar-refractivity contribution in [3.8, 4) is 6.01 Å². The zero-order valence-electron chi connectivity index (χ0n) is 16.9. The van der Waals surface area contributed by atoms with Crippen LogP contribution < -0.4 is 4.74 Å². The lowest BCUT2D eigenvalue weighted by Gasteiger charge is -2.32. The van der Waals surface area contributed by atoms with Crippen molar-refractivity contribution in [2.24, 2.45) is 0 Å². The van der Waals surface area contributed by atoms with Crippen molar-refractivity contribution in [1.29, 1.82) is 0 Å². The predicted molar refractivity (Wildman–Crippen MR) is 108 cm³/mol. The van der Waals surface area contributed by atoms with Crippen molar-refractivity contribution >= 4 is 17.7 Å². The number of alkyl halides is 3. The number of carbonyl (C=O) groups excluding carboxylic acids is 1. The molecule has 0 spiro atoms. The second-order valence-corrected chi connectivity index (χ2v) is 9.08. The third-order valence-corrected chi connectivity index (χ3v) is 5.59. The molecule has 1 aliphatic rings. The molecule has 0 saturated carbocycles. The van der Waals surface area contributed by atoms with Gasteiger partial charge in [0.1, 0.15) is 6.10 Å². The number of halogens is 3. The Balaban J connectivity index is 1.57. The van der Waals surface area contributed by atoms with Gasteiger partial charge in [-0.2, -0.15) is 18.2 Å². The number of carbonyl (C=O) groups is 1. The molecule has 5 nitrogen and oxygen atoms in total. The van der Waals surface area contributed by atoms with Gasteiger partial charge in [-0.15, -0.1) is 11.8 Å². The maximum Gasteiger partial charge on any atom is 0.433 e. The Morgan fingerprint density at radius 3 is 2.67 bits per heavy atom. The minimum Gasteiger partial charge on any atom is -0.458 e. The van der Waals surface area contributed by atoms with E-state index >= 15 is 0 Å². The fourth-order valence-corrected chi connectivity index (χ4v) is 4.05. The fraction of sp³-hybridized carbons (Fsp3) is 0.476. The van der Waals surface area contributed by atoms with Gasteiger partial charge in [0.2, 0.25) is 5.91 Å². The monoisotopic (exact) mass is 439 g/mol. The van der Waals surface area contributed by atoms with Crippen molar-refractivity contribution in [2.75, 3.05) is 13.1 Å². The summed E-state index contributed by atoms with van der Waals surface area (Å²) in [6.07, 6.45) is -2.35. The van der Waals surface area contributed by atoms with Gasteiger partial charge in [-0.1, -0.05) is 26.0 Å². The Morgan fingerprint density at radius 1 is 1.27 bits per heavy atom. The van der Waals surface area contributed by atoms with E-state index in [4.69, 9.17) is 4.74 Å². The first-order valence-electron chi connectivity index (χ1n) is 9.81. The summed E-state index contributed by atoms with van der Waals surface area (Å²) in [5.41, 5.74) is -0.118. The Morgan fingerprint density at radius 2 is 2.00 bits per heavy atom. The molecule has 1 atom stereocenters. The van der Waals surface area contributed by atoms with E-state index in [9.17, 15) is 18.0 Å². The van der Waals surface area contributed by atoms with E-state index in [1.165, 1.54) is 0 Å². The number of ether oxygens (including phenoxy) is 1. The predicted octanol–water partition coefficient (Wildman–Crippen LogP) is 4.61. The number of thioether (sulfide) groups is 1. The van der Waals surface area contributed by atoms with Crippen LogP contribution in [0.15, 0.2) is 41.4 Å². The maximum atomic E-state index is 12.8. The Kier molecular flexibility index (Phi) is 7.23. The van der Waals surface area contributed by atoms with E-state index in [1.54, 1.807) is 16.7 Å². The molecular weight excluding hydrogens is 415 g/mol. The minimum atomic E-state index is -4.56. The van der Waals surface area contributed by atoms with E-state index < -0.39 is 18.0 Å². The zero-order valence-corrected chi connectivity index (χ0v) is 17.7. The average Bonchev–Trinajstić information content (AvgIpc) is 2.69. The van der Waals surface area contributed by atoms with Gasteiger partial charge in [-0.3, -0.25) is 4.79 Å². The van der Waals surface area contributed by atoms with Crippen molar-refractivity contribution in [3.05, 3.63) is 47.8 Å². The molecule has 30 heavy (non-hydrogen) atoms. The first-order valence-corrected chi connectivity index (χ1v) is 10.7. The molecule has 1 unspecified atom stereocenters. The van der Waals surface area contributed by atoms with Crippen molar-refractivity contribution < 1.29 is 22.7 Å². The first-order chi connectivity index (χ1) is 14.2. The van der Waals surface area contributed by atoms with Gasteiger partial charge in [0.05, 0.1) is 13.0 Å². The van der Waals surface area contributed by atoms with Crippen molar-refractivity contribution in [3.63, 3.8) is 0 Å². The van der Waals surface area contributed by atoms with Gasteiger partial charge >= 0.3 is 12.2 Å². The quantitative estimate of drug-likeness (QED) is 0.616. The van der Waals surface area contributed by atoms with E-state index in [-0.39, 0.29) is 18.3 Å². The van der Waals surface area contributed by atoms with Gasteiger partial charge in [0.25, 0.3) is 0 Å². The first kappa shape index (κ1) is 22.4. The summed E-state index contributed by atoms with van der Waals surface area (Å²) >= 11 is 1.76. The summed E-state index contributed by atoms with van der Waals surface area (Å²) in [5, 5.41) is 0.489. The number of benzene rings is 1. The third kappa shape index (κ3) is 6.35. The molecule has 2 heterocycles. The highest BCUT2D eigenvalue weighted by Gasteiger charge is 2.33. The van der Waals surface area contributed by atoms with Gasteiger partial charge in [0.15, 0.2) is 5.69 Å². The highest BCUT2D eigenvalue weighted by molar-refractivity contribution is 7.99. The molecule has 1 aromatic heterocycles. The van der Waals surface area contributed by atoms with Crippen LogP contribution in [0.2, 0.25) is 0 Å². The molecular formula is C21H24F3N3O2S. The smallest absolute Gasteiger partial charge is 0.433 e. The van der Waals surface area contributed by atoms with Gasteiger partial charge in [-0.25, -0.2) is 4.98 Å². The lowest BCUT2D eigenvalue weighted by atomic mass is 10.1. The minimum absolute atomic E-state index is 0.0301. The molecule has 0 bridgehead atoms. The van der Waals surface area contributed by atoms with Crippen LogP contribution in [-0.2, 0) is 17.4 Å². The molecule has 162 valence electrons. The van der Waals surface area contributed by atoms with Crippen LogP contribution in [0, 0.1) is 0 Å². The second kappa shape index (κ2) is 9.68. The molecule has 1 fully saturated rings. The lowest BCUT2D eigenvalue weighted by Crippen LogP contribution is -2.45. The van der Waals surface area contributed by atoms with E-state index in [1.807, 2.05) is 24.3 Å². The molecule has 2 aromatic rings. The van der Waals surface area contributed by atoms with E-state index in [0.717, 1.165) is 22.7 Å². The number of likely N-dealkylation sites (tertiary alicyclic amines) is 1. The number of aromatic nitrogens is 2. The zero-order chi connectivity index (χ0) is 21.7. The molecule has 0 aliphatic carbocycles. The second-order valence-electron chi connectivity index (χ2n) is 7.43. The fourth-order valence-electron chi connectivity index (χ4n) is 3.21. The maximum absolute atomic E-state index is 12.8. The van der Waals surface area contributed by atoms with Crippen LogP contribution in [0.1, 0.15) is 37.9 Å². The molecule has 0 N–H and O–H groups in total. The summed E-state index contributed by atoms with van der Waals surface area (Å²) < 4.78 is 44.0. The molecule has 1 saturated heterocycles. The Bertz CT molecular complexity index is 859. The number of amides is 1. The molecule has 0 radical (unpaired) electrons. The highest BCUT2D eigenvalue weighted by Crippen LogP contribution is 2.28. The summed E-state index contributed by atoms with van der Waals surface area (Å²) in [7, 11) is 0. The normalized spacial score (nSPS) is 17.3.